The van der Waals surface area contributed by atoms with Gasteiger partial charge in [0.05, 0.1) is 13.2 Å². The molecule has 0 unspecified atom stereocenters. The predicted molar refractivity (Wildman–Crippen MR) is 64.6 cm³/mol. The summed E-state index contributed by atoms with van der Waals surface area (Å²) in [6.07, 6.45) is 1.31. The minimum absolute atomic E-state index is 0.287. The molecule has 0 radical (unpaired) electrons. The summed E-state index contributed by atoms with van der Waals surface area (Å²) in [4.78, 5) is 14.0. The maximum absolute atomic E-state index is 11.6. The zero-order chi connectivity index (χ0) is 11.7. The van der Waals surface area contributed by atoms with E-state index in [1.54, 1.807) is 0 Å². The topological polar surface area (TPSA) is 29.5 Å². The molecule has 0 aliphatic carbocycles. The van der Waals surface area contributed by atoms with E-state index in [2.05, 4.69) is 29.2 Å². The fourth-order valence-electron chi connectivity index (χ4n) is 2.84. The normalized spacial score (nSPS) is 29.3. The Bertz CT molecular complexity index is 388. The van der Waals surface area contributed by atoms with Crippen molar-refractivity contribution in [2.45, 2.75) is 31.5 Å². The van der Waals surface area contributed by atoms with Gasteiger partial charge in [0, 0.05) is 31.5 Å². The number of morpholine rings is 1. The van der Waals surface area contributed by atoms with Crippen LogP contribution in [-0.2, 0) is 16.1 Å². The Labute approximate surface area is 101 Å². The predicted octanol–water partition coefficient (Wildman–Crippen LogP) is 1.62. The second-order valence-electron chi connectivity index (χ2n) is 4.95. The number of carbonyl (C=O) groups is 1. The number of hydrogen-bond donors (Lipinski definition) is 0. The van der Waals surface area contributed by atoms with Crippen LogP contribution in [0.1, 0.15) is 18.4 Å². The monoisotopic (exact) mass is 231 g/mol. The summed E-state index contributed by atoms with van der Waals surface area (Å²) in [6.45, 7) is 2.34. The molecule has 3 heteroatoms. The Morgan fingerprint density at radius 3 is 2.41 bits per heavy atom. The SMILES string of the molecule is O=C1C[C@H]2COC[C@@H](C1)N2Cc1ccccc1. The number of fused-ring (bicyclic) bond motifs is 2. The average molecular weight is 231 g/mol. The number of nitrogens with zero attached hydrogens (tertiary/aromatic N) is 1. The molecule has 17 heavy (non-hydrogen) atoms. The summed E-state index contributed by atoms with van der Waals surface area (Å²) >= 11 is 0. The van der Waals surface area contributed by atoms with E-state index in [1.165, 1.54) is 5.56 Å². The van der Waals surface area contributed by atoms with Crippen molar-refractivity contribution in [2.75, 3.05) is 13.2 Å². The number of ketones is 1. The molecule has 2 atom stereocenters. The quantitative estimate of drug-likeness (QED) is 0.774. The van der Waals surface area contributed by atoms with Crippen LogP contribution in [0.15, 0.2) is 30.3 Å². The average Bonchev–Trinajstić information content (AvgIpc) is 2.32. The number of rotatable bonds is 2. The minimum atomic E-state index is 0.287. The molecular weight excluding hydrogens is 214 g/mol. The fraction of sp³-hybridized carbons (Fsp3) is 0.500. The second kappa shape index (κ2) is 4.59. The molecule has 0 amide bonds. The summed E-state index contributed by atoms with van der Waals surface area (Å²) in [5.74, 6) is 0.396. The Morgan fingerprint density at radius 2 is 1.76 bits per heavy atom. The first-order valence-electron chi connectivity index (χ1n) is 6.22. The van der Waals surface area contributed by atoms with Gasteiger partial charge in [-0.2, -0.15) is 0 Å². The zero-order valence-corrected chi connectivity index (χ0v) is 9.84. The van der Waals surface area contributed by atoms with Crippen LogP contribution < -0.4 is 0 Å². The van der Waals surface area contributed by atoms with Crippen molar-refractivity contribution < 1.29 is 9.53 Å². The molecule has 3 nitrogen and oxygen atoms in total. The lowest BCUT2D eigenvalue weighted by Crippen LogP contribution is -2.56. The van der Waals surface area contributed by atoms with E-state index in [0.717, 1.165) is 6.54 Å². The molecule has 90 valence electrons. The van der Waals surface area contributed by atoms with E-state index >= 15 is 0 Å². The molecule has 2 fully saturated rings. The number of hydrogen-bond acceptors (Lipinski definition) is 3. The van der Waals surface area contributed by atoms with Crippen molar-refractivity contribution >= 4 is 5.78 Å². The first kappa shape index (κ1) is 10.9. The van der Waals surface area contributed by atoms with Gasteiger partial charge >= 0.3 is 0 Å². The van der Waals surface area contributed by atoms with Crippen LogP contribution in [0.3, 0.4) is 0 Å². The van der Waals surface area contributed by atoms with E-state index in [9.17, 15) is 4.79 Å². The number of Topliss-reactive ketones (excluding diaryl/α,β-unsaturated/α-hetero) is 1. The molecule has 0 N–H and O–H groups in total. The van der Waals surface area contributed by atoms with Crippen LogP contribution in [0, 0.1) is 0 Å². The van der Waals surface area contributed by atoms with Crippen molar-refractivity contribution in [3.05, 3.63) is 35.9 Å². The van der Waals surface area contributed by atoms with Gasteiger partial charge in [0.2, 0.25) is 0 Å². The third-order valence-corrected chi connectivity index (χ3v) is 3.69. The first-order valence-corrected chi connectivity index (χ1v) is 6.22. The summed E-state index contributed by atoms with van der Waals surface area (Å²) < 4.78 is 5.56. The van der Waals surface area contributed by atoms with Crippen LogP contribution in [0.2, 0.25) is 0 Å². The lowest BCUT2D eigenvalue weighted by Gasteiger charge is -2.45. The third-order valence-electron chi connectivity index (χ3n) is 3.69. The molecule has 1 aromatic rings. The molecular formula is C14H17NO2. The van der Waals surface area contributed by atoms with E-state index in [0.29, 0.717) is 31.8 Å². The lowest BCUT2D eigenvalue weighted by molar-refractivity contribution is -0.136. The van der Waals surface area contributed by atoms with Gasteiger partial charge in [-0.3, -0.25) is 9.69 Å². The number of piperidine rings is 1. The van der Waals surface area contributed by atoms with E-state index in [1.807, 2.05) is 6.07 Å². The van der Waals surface area contributed by atoms with Gasteiger partial charge in [-0.25, -0.2) is 0 Å². The van der Waals surface area contributed by atoms with E-state index in [4.69, 9.17) is 4.74 Å². The van der Waals surface area contributed by atoms with Gasteiger partial charge in [0.15, 0.2) is 0 Å². The minimum Gasteiger partial charge on any atom is -0.378 e. The number of carbonyl (C=O) groups excluding carboxylic acids is 1. The molecule has 2 aliphatic rings. The van der Waals surface area contributed by atoms with Crippen molar-refractivity contribution in [1.82, 2.24) is 4.90 Å². The molecule has 2 saturated heterocycles. The summed E-state index contributed by atoms with van der Waals surface area (Å²) in [6, 6.07) is 11.0. The molecule has 2 bridgehead atoms. The van der Waals surface area contributed by atoms with Crippen molar-refractivity contribution in [3.63, 3.8) is 0 Å². The molecule has 1 aromatic carbocycles. The summed E-state index contributed by atoms with van der Waals surface area (Å²) in [5, 5.41) is 0. The van der Waals surface area contributed by atoms with Crippen molar-refractivity contribution in [1.29, 1.82) is 0 Å². The molecule has 0 spiro atoms. The molecule has 0 aromatic heterocycles. The Kier molecular flexibility index (Phi) is 2.95. The van der Waals surface area contributed by atoms with E-state index in [-0.39, 0.29) is 12.1 Å². The van der Waals surface area contributed by atoms with Crippen molar-refractivity contribution in [2.24, 2.45) is 0 Å². The van der Waals surface area contributed by atoms with Crippen LogP contribution >= 0.6 is 0 Å². The summed E-state index contributed by atoms with van der Waals surface area (Å²) in [7, 11) is 0. The van der Waals surface area contributed by atoms with Gasteiger partial charge in [-0.15, -0.1) is 0 Å². The maximum Gasteiger partial charge on any atom is 0.136 e. The molecule has 0 saturated carbocycles. The second-order valence-corrected chi connectivity index (χ2v) is 4.95. The van der Waals surface area contributed by atoms with Crippen LogP contribution in [0.4, 0.5) is 0 Å². The molecule has 2 aliphatic heterocycles. The fourth-order valence-corrected chi connectivity index (χ4v) is 2.84. The highest BCUT2D eigenvalue weighted by atomic mass is 16.5. The van der Waals surface area contributed by atoms with Gasteiger partial charge in [-0.05, 0) is 5.56 Å². The highest BCUT2D eigenvalue weighted by molar-refractivity contribution is 5.80. The van der Waals surface area contributed by atoms with Crippen molar-refractivity contribution in [3.8, 4) is 0 Å². The van der Waals surface area contributed by atoms with Gasteiger partial charge in [-0.1, -0.05) is 30.3 Å². The van der Waals surface area contributed by atoms with Gasteiger partial charge in [0.1, 0.15) is 5.78 Å². The largest absolute Gasteiger partial charge is 0.378 e. The van der Waals surface area contributed by atoms with Crippen LogP contribution in [0.25, 0.3) is 0 Å². The van der Waals surface area contributed by atoms with E-state index < -0.39 is 0 Å². The Morgan fingerprint density at radius 1 is 1.12 bits per heavy atom. The Balaban J connectivity index is 1.76. The highest BCUT2D eigenvalue weighted by Gasteiger charge is 2.37. The standard InChI is InChI=1S/C14H17NO2/c16-14-6-12-9-17-10-13(7-14)15(12)8-11-4-2-1-3-5-11/h1-5,12-13H,6-10H2/t12-,13+. The van der Waals surface area contributed by atoms with Crippen LogP contribution in [0.5, 0.6) is 0 Å². The van der Waals surface area contributed by atoms with Gasteiger partial charge < -0.3 is 4.74 Å². The smallest absolute Gasteiger partial charge is 0.136 e. The van der Waals surface area contributed by atoms with Gasteiger partial charge in [0.25, 0.3) is 0 Å². The lowest BCUT2D eigenvalue weighted by atomic mass is 9.92. The van der Waals surface area contributed by atoms with Crippen LogP contribution in [-0.4, -0.2) is 36.0 Å². The summed E-state index contributed by atoms with van der Waals surface area (Å²) in [5.41, 5.74) is 1.32. The highest BCUT2D eigenvalue weighted by Crippen LogP contribution is 2.27. The number of ether oxygens (including phenoxy) is 1. The third kappa shape index (κ3) is 2.26. The maximum atomic E-state index is 11.6. The first-order chi connectivity index (χ1) is 8.33. The molecule has 3 rings (SSSR count). The zero-order valence-electron chi connectivity index (χ0n) is 9.84. The number of benzene rings is 1. The Hall–Kier alpha value is -1.19. The molecule has 2 heterocycles.